The smallest absolute Gasteiger partial charge is 0.164 e. The minimum Gasteiger partial charge on any atom is -0.493 e. The molecule has 0 aliphatic carbocycles. The second-order valence-electron chi connectivity index (χ2n) is 4.79. The number of hydrogen-bond acceptors (Lipinski definition) is 4. The number of fused-ring (bicyclic) bond motifs is 1. The summed E-state index contributed by atoms with van der Waals surface area (Å²) in [6.45, 7) is 0.920. The van der Waals surface area contributed by atoms with Crippen molar-refractivity contribution in [3.63, 3.8) is 0 Å². The monoisotopic (exact) mass is 270 g/mol. The molecule has 1 aliphatic heterocycles. The topological polar surface area (TPSA) is 43.4 Å². The standard InChI is InChI=1S/C16H18N2O2/c1-19-14-4-3-12-13(16(14)20-2)7-10-18-15(12)11-5-8-17-9-6-11/h3-6,8-9,15,18H,7,10H2,1-2H3. The number of ether oxygens (including phenoxy) is 2. The van der Waals surface area contributed by atoms with Crippen molar-refractivity contribution in [1.29, 1.82) is 0 Å². The van der Waals surface area contributed by atoms with E-state index in [1.807, 2.05) is 30.6 Å². The van der Waals surface area contributed by atoms with Crippen LogP contribution in [0.1, 0.15) is 22.7 Å². The second kappa shape index (κ2) is 5.51. The minimum atomic E-state index is 0.182. The van der Waals surface area contributed by atoms with Gasteiger partial charge in [-0.3, -0.25) is 4.98 Å². The van der Waals surface area contributed by atoms with Crippen LogP contribution in [0.4, 0.5) is 0 Å². The Morgan fingerprint density at radius 3 is 2.60 bits per heavy atom. The zero-order valence-corrected chi connectivity index (χ0v) is 11.7. The lowest BCUT2D eigenvalue weighted by atomic mass is 9.89. The van der Waals surface area contributed by atoms with E-state index in [9.17, 15) is 0 Å². The molecule has 4 nitrogen and oxygen atoms in total. The number of nitrogens with one attached hydrogen (secondary N) is 1. The van der Waals surface area contributed by atoms with Crippen molar-refractivity contribution in [2.75, 3.05) is 20.8 Å². The third kappa shape index (κ3) is 2.12. The first kappa shape index (κ1) is 12.9. The molecular weight excluding hydrogens is 252 g/mol. The number of methoxy groups -OCH3 is 2. The van der Waals surface area contributed by atoms with E-state index in [1.165, 1.54) is 16.7 Å². The molecule has 1 aromatic carbocycles. The predicted molar refractivity (Wildman–Crippen MR) is 77.3 cm³/mol. The van der Waals surface area contributed by atoms with Crippen LogP contribution in [0.5, 0.6) is 11.5 Å². The third-order valence-corrected chi connectivity index (χ3v) is 3.76. The second-order valence-corrected chi connectivity index (χ2v) is 4.79. The number of aromatic nitrogens is 1. The summed E-state index contributed by atoms with van der Waals surface area (Å²) in [5, 5.41) is 3.56. The van der Waals surface area contributed by atoms with E-state index in [4.69, 9.17) is 9.47 Å². The van der Waals surface area contributed by atoms with Gasteiger partial charge in [-0.05, 0) is 35.7 Å². The van der Waals surface area contributed by atoms with E-state index < -0.39 is 0 Å². The molecule has 4 heteroatoms. The first-order valence-corrected chi connectivity index (χ1v) is 6.72. The molecule has 20 heavy (non-hydrogen) atoms. The van der Waals surface area contributed by atoms with Crippen LogP contribution >= 0.6 is 0 Å². The normalized spacial score (nSPS) is 17.4. The summed E-state index contributed by atoms with van der Waals surface area (Å²) in [5.41, 5.74) is 3.70. The highest BCUT2D eigenvalue weighted by Gasteiger charge is 2.25. The van der Waals surface area contributed by atoms with Crippen LogP contribution in [0.25, 0.3) is 0 Å². The Balaban J connectivity index is 2.10. The highest BCUT2D eigenvalue weighted by atomic mass is 16.5. The summed E-state index contributed by atoms with van der Waals surface area (Å²) in [6.07, 6.45) is 4.59. The minimum absolute atomic E-state index is 0.182. The summed E-state index contributed by atoms with van der Waals surface area (Å²) < 4.78 is 10.9. The molecule has 1 atom stereocenters. The van der Waals surface area contributed by atoms with Gasteiger partial charge in [0.25, 0.3) is 0 Å². The van der Waals surface area contributed by atoms with Crippen LogP contribution in [-0.2, 0) is 6.42 Å². The Morgan fingerprint density at radius 2 is 1.90 bits per heavy atom. The molecule has 0 radical (unpaired) electrons. The van der Waals surface area contributed by atoms with Crippen LogP contribution in [-0.4, -0.2) is 25.7 Å². The van der Waals surface area contributed by atoms with Gasteiger partial charge in [0.2, 0.25) is 0 Å². The quantitative estimate of drug-likeness (QED) is 0.929. The number of benzene rings is 1. The summed E-state index contributed by atoms with van der Waals surface area (Å²) in [5.74, 6) is 1.65. The average molecular weight is 270 g/mol. The molecule has 1 N–H and O–H groups in total. The molecular formula is C16H18N2O2. The van der Waals surface area contributed by atoms with Crippen molar-refractivity contribution in [1.82, 2.24) is 10.3 Å². The summed E-state index contributed by atoms with van der Waals surface area (Å²) >= 11 is 0. The molecule has 2 heterocycles. The van der Waals surface area contributed by atoms with Crippen molar-refractivity contribution in [3.8, 4) is 11.5 Å². The molecule has 104 valence electrons. The molecule has 2 aromatic rings. The molecule has 0 fully saturated rings. The molecule has 0 saturated heterocycles. The van der Waals surface area contributed by atoms with E-state index in [2.05, 4.69) is 16.4 Å². The summed E-state index contributed by atoms with van der Waals surface area (Å²) in [7, 11) is 3.37. The fraction of sp³-hybridized carbons (Fsp3) is 0.312. The fourth-order valence-electron chi connectivity index (χ4n) is 2.84. The van der Waals surface area contributed by atoms with Gasteiger partial charge in [-0.2, -0.15) is 0 Å². The molecule has 1 aromatic heterocycles. The number of hydrogen-bond donors (Lipinski definition) is 1. The van der Waals surface area contributed by atoms with Gasteiger partial charge in [0.05, 0.1) is 20.3 Å². The highest BCUT2D eigenvalue weighted by molar-refractivity contribution is 5.54. The van der Waals surface area contributed by atoms with Crippen molar-refractivity contribution in [2.45, 2.75) is 12.5 Å². The first-order valence-electron chi connectivity index (χ1n) is 6.72. The largest absolute Gasteiger partial charge is 0.493 e. The van der Waals surface area contributed by atoms with Gasteiger partial charge in [0, 0.05) is 24.5 Å². The van der Waals surface area contributed by atoms with Crippen molar-refractivity contribution in [3.05, 3.63) is 53.3 Å². The van der Waals surface area contributed by atoms with Gasteiger partial charge in [-0.25, -0.2) is 0 Å². The molecule has 1 aliphatic rings. The summed E-state index contributed by atoms with van der Waals surface area (Å²) in [4.78, 5) is 4.08. The fourth-order valence-corrected chi connectivity index (χ4v) is 2.84. The average Bonchev–Trinajstić information content (AvgIpc) is 2.53. The molecule has 3 rings (SSSR count). The maximum Gasteiger partial charge on any atom is 0.164 e. The predicted octanol–water partition coefficient (Wildman–Crippen LogP) is 2.33. The van der Waals surface area contributed by atoms with Gasteiger partial charge in [0.1, 0.15) is 0 Å². The van der Waals surface area contributed by atoms with Gasteiger partial charge < -0.3 is 14.8 Å². The maximum atomic E-state index is 5.55. The number of nitrogens with zero attached hydrogens (tertiary/aromatic N) is 1. The van der Waals surface area contributed by atoms with Crippen molar-refractivity contribution >= 4 is 0 Å². The number of rotatable bonds is 3. The third-order valence-electron chi connectivity index (χ3n) is 3.76. The van der Waals surface area contributed by atoms with Crippen molar-refractivity contribution < 1.29 is 9.47 Å². The van der Waals surface area contributed by atoms with Crippen LogP contribution in [0.3, 0.4) is 0 Å². The van der Waals surface area contributed by atoms with E-state index >= 15 is 0 Å². The van der Waals surface area contributed by atoms with Crippen molar-refractivity contribution in [2.24, 2.45) is 0 Å². The van der Waals surface area contributed by atoms with E-state index in [0.29, 0.717) is 0 Å². The Kier molecular flexibility index (Phi) is 3.56. The lowest BCUT2D eigenvalue weighted by molar-refractivity contribution is 0.348. The van der Waals surface area contributed by atoms with Gasteiger partial charge in [0.15, 0.2) is 11.5 Å². The highest BCUT2D eigenvalue weighted by Crippen LogP contribution is 2.39. The SMILES string of the molecule is COc1ccc2c(c1OC)CCNC2c1ccncc1. The van der Waals surface area contributed by atoms with Gasteiger partial charge in [-0.15, -0.1) is 0 Å². The Labute approximate surface area is 118 Å². The zero-order valence-electron chi connectivity index (χ0n) is 11.7. The Morgan fingerprint density at radius 1 is 1.10 bits per heavy atom. The maximum absolute atomic E-state index is 5.55. The lowest BCUT2D eigenvalue weighted by Gasteiger charge is -2.29. The van der Waals surface area contributed by atoms with E-state index in [-0.39, 0.29) is 6.04 Å². The van der Waals surface area contributed by atoms with E-state index in [0.717, 1.165) is 24.5 Å². The molecule has 0 spiro atoms. The van der Waals surface area contributed by atoms with Crippen LogP contribution in [0.15, 0.2) is 36.7 Å². The number of pyridine rings is 1. The molecule has 1 unspecified atom stereocenters. The van der Waals surface area contributed by atoms with Crippen LogP contribution < -0.4 is 14.8 Å². The lowest BCUT2D eigenvalue weighted by Crippen LogP contribution is -2.30. The van der Waals surface area contributed by atoms with Gasteiger partial charge >= 0.3 is 0 Å². The van der Waals surface area contributed by atoms with E-state index in [1.54, 1.807) is 14.2 Å². The molecule has 0 bridgehead atoms. The van der Waals surface area contributed by atoms with Crippen LogP contribution in [0.2, 0.25) is 0 Å². The molecule has 0 amide bonds. The molecule has 0 saturated carbocycles. The summed E-state index contributed by atoms with van der Waals surface area (Å²) in [6, 6.07) is 8.36. The Bertz CT molecular complexity index is 599. The zero-order chi connectivity index (χ0) is 13.9. The Hall–Kier alpha value is -2.07. The van der Waals surface area contributed by atoms with Crippen LogP contribution in [0, 0.1) is 0 Å². The first-order chi connectivity index (χ1) is 9.85. The van der Waals surface area contributed by atoms with Gasteiger partial charge in [-0.1, -0.05) is 6.07 Å².